The normalized spacial score (nSPS) is 26.6. The van der Waals surface area contributed by atoms with Gasteiger partial charge in [0.15, 0.2) is 0 Å². The number of aryl methyl sites for hydroxylation is 1. The van der Waals surface area contributed by atoms with Crippen molar-refractivity contribution in [2.75, 3.05) is 44.2 Å². The lowest BCUT2D eigenvalue weighted by molar-refractivity contribution is -0.132. The second-order valence-electron chi connectivity index (χ2n) is 8.70. The molecule has 0 radical (unpaired) electrons. The van der Waals surface area contributed by atoms with Crippen LogP contribution < -0.4 is 10.2 Å². The Morgan fingerprint density at radius 3 is 2.69 bits per heavy atom. The van der Waals surface area contributed by atoms with Gasteiger partial charge in [0.25, 0.3) is 0 Å². The highest BCUT2D eigenvalue weighted by Gasteiger charge is 2.50. The summed E-state index contributed by atoms with van der Waals surface area (Å²) in [6.07, 6.45) is 2.72. The molecule has 0 bridgehead atoms. The fourth-order valence-corrected chi connectivity index (χ4v) is 5.32. The van der Waals surface area contributed by atoms with Gasteiger partial charge in [0.1, 0.15) is 0 Å². The van der Waals surface area contributed by atoms with Gasteiger partial charge in [0, 0.05) is 58.2 Å². The van der Waals surface area contributed by atoms with Crippen molar-refractivity contribution in [3.63, 3.8) is 0 Å². The molecule has 0 aliphatic carbocycles. The lowest BCUT2D eigenvalue weighted by Gasteiger charge is -2.43. The van der Waals surface area contributed by atoms with Crippen molar-refractivity contribution >= 4 is 23.4 Å². The lowest BCUT2D eigenvalue weighted by Crippen LogP contribution is -2.61. The summed E-state index contributed by atoms with van der Waals surface area (Å²) in [6, 6.07) is 8.13. The van der Waals surface area contributed by atoms with Gasteiger partial charge in [-0.3, -0.25) is 19.3 Å². The van der Waals surface area contributed by atoms with Gasteiger partial charge in [-0.2, -0.15) is 0 Å². The predicted molar refractivity (Wildman–Crippen MR) is 110 cm³/mol. The number of nitrogens with zero attached hydrogens (tertiary/aromatic N) is 3. The maximum absolute atomic E-state index is 13.2. The van der Waals surface area contributed by atoms with Crippen molar-refractivity contribution < 1.29 is 14.4 Å². The van der Waals surface area contributed by atoms with Crippen LogP contribution in [-0.2, 0) is 20.8 Å². The Morgan fingerprint density at radius 1 is 1.14 bits per heavy atom. The number of carbonyl (C=O) groups is 3. The first-order valence-electron chi connectivity index (χ1n) is 10.5. The van der Waals surface area contributed by atoms with Crippen LogP contribution in [0.3, 0.4) is 0 Å². The number of likely N-dealkylation sites (tertiary alicyclic amines) is 2. The quantitative estimate of drug-likeness (QED) is 0.825. The summed E-state index contributed by atoms with van der Waals surface area (Å²) < 4.78 is 0. The number of benzene rings is 1. The molecule has 1 aromatic rings. The minimum Gasteiger partial charge on any atom is -0.349 e. The molecule has 3 amide bonds. The molecule has 0 saturated carbocycles. The molecule has 7 nitrogen and oxygen atoms in total. The van der Waals surface area contributed by atoms with Crippen LogP contribution in [0.1, 0.15) is 32.3 Å². The number of piperidine rings is 1. The first kappa shape index (κ1) is 19.9. The van der Waals surface area contributed by atoms with Crippen LogP contribution in [0.25, 0.3) is 0 Å². The van der Waals surface area contributed by atoms with Crippen LogP contribution in [0, 0.1) is 5.92 Å². The summed E-state index contributed by atoms with van der Waals surface area (Å²) in [5, 5.41) is 3.17. The van der Waals surface area contributed by atoms with Crippen molar-refractivity contribution in [2.24, 2.45) is 5.92 Å². The van der Waals surface area contributed by atoms with E-state index >= 15 is 0 Å². The highest BCUT2D eigenvalue weighted by molar-refractivity contribution is 5.96. The SMILES string of the molecule is CC(=O)N[C@@]12CCN(C(C)=O)C[C@@H]1CN(CC(=O)N1CCCc3ccccc31)C2. The topological polar surface area (TPSA) is 73.0 Å². The number of hydrogen-bond donors (Lipinski definition) is 1. The van der Waals surface area contributed by atoms with Crippen molar-refractivity contribution in [2.45, 2.75) is 38.6 Å². The number of anilines is 1. The molecule has 0 spiro atoms. The predicted octanol–water partition coefficient (Wildman–Crippen LogP) is 1.02. The van der Waals surface area contributed by atoms with Crippen LogP contribution in [-0.4, -0.2) is 72.3 Å². The minimum absolute atomic E-state index is 0.0515. The zero-order valence-electron chi connectivity index (χ0n) is 17.3. The van der Waals surface area contributed by atoms with Gasteiger partial charge in [0.05, 0.1) is 12.1 Å². The first-order chi connectivity index (χ1) is 13.9. The van der Waals surface area contributed by atoms with E-state index in [1.165, 1.54) is 5.56 Å². The molecule has 3 aliphatic rings. The van der Waals surface area contributed by atoms with E-state index in [0.717, 1.165) is 31.5 Å². The molecule has 3 aliphatic heterocycles. The van der Waals surface area contributed by atoms with Crippen molar-refractivity contribution in [1.29, 1.82) is 0 Å². The van der Waals surface area contributed by atoms with Crippen molar-refractivity contribution in [3.05, 3.63) is 29.8 Å². The Labute approximate surface area is 172 Å². The van der Waals surface area contributed by atoms with E-state index in [2.05, 4.69) is 16.3 Å². The zero-order chi connectivity index (χ0) is 20.6. The second kappa shape index (κ2) is 7.78. The van der Waals surface area contributed by atoms with Gasteiger partial charge in [0.2, 0.25) is 17.7 Å². The maximum atomic E-state index is 13.2. The lowest BCUT2D eigenvalue weighted by atomic mass is 9.80. The monoisotopic (exact) mass is 398 g/mol. The first-order valence-corrected chi connectivity index (χ1v) is 10.5. The fraction of sp³-hybridized carbons (Fsp3) is 0.591. The minimum atomic E-state index is -0.349. The standard InChI is InChI=1S/C22H30N4O3/c1-16(27)23-22-9-11-25(17(2)28)13-19(22)12-24(15-22)14-21(29)26-10-5-7-18-6-3-4-8-20(18)26/h3-4,6,8,19H,5,7,9-15H2,1-2H3,(H,23,27)/t19-,22+/m0/s1. The van der Waals surface area contributed by atoms with Gasteiger partial charge in [-0.1, -0.05) is 18.2 Å². The third-order valence-corrected chi connectivity index (χ3v) is 6.67. The highest BCUT2D eigenvalue weighted by Crippen LogP contribution is 2.36. The molecule has 0 aromatic heterocycles. The fourth-order valence-electron chi connectivity index (χ4n) is 5.32. The number of nitrogens with one attached hydrogen (secondary N) is 1. The van der Waals surface area contributed by atoms with Gasteiger partial charge < -0.3 is 15.1 Å². The number of para-hydroxylation sites is 1. The number of hydrogen-bond acceptors (Lipinski definition) is 4. The summed E-state index contributed by atoms with van der Waals surface area (Å²) in [7, 11) is 0. The van der Waals surface area contributed by atoms with Crippen LogP contribution in [0.2, 0.25) is 0 Å². The van der Waals surface area contributed by atoms with Crippen LogP contribution in [0.5, 0.6) is 0 Å². The molecule has 3 heterocycles. The van der Waals surface area contributed by atoms with Crippen LogP contribution in [0.4, 0.5) is 5.69 Å². The Balaban J connectivity index is 1.48. The van der Waals surface area contributed by atoms with E-state index in [4.69, 9.17) is 0 Å². The van der Waals surface area contributed by atoms with Crippen molar-refractivity contribution in [1.82, 2.24) is 15.1 Å². The van der Waals surface area contributed by atoms with Gasteiger partial charge >= 0.3 is 0 Å². The average molecular weight is 399 g/mol. The van der Waals surface area contributed by atoms with Crippen molar-refractivity contribution in [3.8, 4) is 0 Å². The van der Waals surface area contributed by atoms with Crippen LogP contribution >= 0.6 is 0 Å². The Hall–Kier alpha value is -2.41. The molecular formula is C22H30N4O3. The molecule has 29 heavy (non-hydrogen) atoms. The highest BCUT2D eigenvalue weighted by atomic mass is 16.2. The number of amides is 3. The average Bonchev–Trinajstić information content (AvgIpc) is 3.03. The van der Waals surface area contributed by atoms with Gasteiger partial charge in [-0.25, -0.2) is 0 Å². The van der Waals surface area contributed by atoms with Crippen LogP contribution in [0.15, 0.2) is 24.3 Å². The van der Waals surface area contributed by atoms with E-state index in [1.807, 2.05) is 28.0 Å². The molecule has 7 heteroatoms. The Morgan fingerprint density at radius 2 is 1.93 bits per heavy atom. The summed E-state index contributed by atoms with van der Waals surface area (Å²) >= 11 is 0. The molecule has 0 unspecified atom stereocenters. The molecule has 4 rings (SSSR count). The smallest absolute Gasteiger partial charge is 0.241 e. The van der Waals surface area contributed by atoms with Gasteiger partial charge in [-0.15, -0.1) is 0 Å². The molecule has 2 fully saturated rings. The number of carbonyl (C=O) groups excluding carboxylic acids is 3. The molecule has 2 atom stereocenters. The van der Waals surface area contributed by atoms with E-state index < -0.39 is 0 Å². The van der Waals surface area contributed by atoms with Gasteiger partial charge in [-0.05, 0) is 30.9 Å². The number of fused-ring (bicyclic) bond motifs is 2. The summed E-state index contributed by atoms with van der Waals surface area (Å²) in [6.45, 7) is 6.88. The summed E-state index contributed by atoms with van der Waals surface area (Å²) in [5.41, 5.74) is 1.91. The van der Waals surface area contributed by atoms with E-state index in [-0.39, 0.29) is 29.2 Å². The summed E-state index contributed by atoms with van der Waals surface area (Å²) in [4.78, 5) is 42.8. The third kappa shape index (κ3) is 3.88. The summed E-state index contributed by atoms with van der Waals surface area (Å²) in [5.74, 6) is 0.271. The second-order valence-corrected chi connectivity index (χ2v) is 8.70. The largest absolute Gasteiger partial charge is 0.349 e. The number of rotatable bonds is 3. The zero-order valence-corrected chi connectivity index (χ0v) is 17.3. The molecule has 156 valence electrons. The molecule has 1 aromatic carbocycles. The van der Waals surface area contributed by atoms with E-state index in [9.17, 15) is 14.4 Å². The van der Waals surface area contributed by atoms with E-state index in [0.29, 0.717) is 32.7 Å². The Kier molecular flexibility index (Phi) is 5.34. The molecule has 2 saturated heterocycles. The van der Waals surface area contributed by atoms with E-state index in [1.54, 1.807) is 13.8 Å². The molecule has 1 N–H and O–H groups in total. The molecular weight excluding hydrogens is 368 g/mol. The Bertz CT molecular complexity index is 826. The maximum Gasteiger partial charge on any atom is 0.241 e. The third-order valence-electron chi connectivity index (χ3n) is 6.67.